The Kier molecular flexibility index (Phi) is 5.66. The molecule has 110 valence electrons. The molecular formula is C14H21N3O3. The summed E-state index contributed by atoms with van der Waals surface area (Å²) in [6, 6.07) is 8.60. The standard InChI is InChI=1S/C14H21N3O3/c1-14(2,20)10-17(3)9-12(18)15-16-13(19)11-7-5-4-6-8-11/h4-8,20H,9-10H2,1-3H3,(H,15,18)(H,16,19). The number of nitrogens with one attached hydrogen (secondary N) is 2. The van der Waals surface area contributed by atoms with Crippen molar-refractivity contribution >= 4 is 11.8 Å². The number of carbonyl (C=O) groups is 2. The summed E-state index contributed by atoms with van der Waals surface area (Å²) in [5, 5.41) is 9.62. The molecule has 0 fully saturated rings. The second-order valence-corrected chi connectivity index (χ2v) is 5.35. The van der Waals surface area contributed by atoms with Gasteiger partial charge in [-0.1, -0.05) is 18.2 Å². The molecule has 3 N–H and O–H groups in total. The maximum absolute atomic E-state index is 11.7. The number of hydrogen-bond donors (Lipinski definition) is 3. The largest absolute Gasteiger partial charge is 0.389 e. The molecule has 0 saturated carbocycles. The summed E-state index contributed by atoms with van der Waals surface area (Å²) < 4.78 is 0. The van der Waals surface area contributed by atoms with Gasteiger partial charge in [0, 0.05) is 12.1 Å². The molecule has 0 radical (unpaired) electrons. The second-order valence-electron chi connectivity index (χ2n) is 5.35. The molecule has 1 aromatic rings. The van der Waals surface area contributed by atoms with Crippen molar-refractivity contribution in [2.45, 2.75) is 19.4 Å². The fraction of sp³-hybridized carbons (Fsp3) is 0.429. The van der Waals surface area contributed by atoms with E-state index < -0.39 is 5.60 Å². The quantitative estimate of drug-likeness (QED) is 0.670. The van der Waals surface area contributed by atoms with Gasteiger partial charge in [-0.25, -0.2) is 0 Å². The van der Waals surface area contributed by atoms with Crippen molar-refractivity contribution in [2.24, 2.45) is 0 Å². The Labute approximate surface area is 118 Å². The van der Waals surface area contributed by atoms with Crippen LogP contribution in [-0.2, 0) is 4.79 Å². The van der Waals surface area contributed by atoms with Gasteiger partial charge in [0.15, 0.2) is 0 Å². The highest BCUT2D eigenvalue weighted by atomic mass is 16.3. The van der Waals surface area contributed by atoms with Gasteiger partial charge in [-0.3, -0.25) is 25.3 Å². The minimum atomic E-state index is -0.873. The van der Waals surface area contributed by atoms with E-state index >= 15 is 0 Å². The molecule has 0 unspecified atom stereocenters. The molecule has 0 saturated heterocycles. The molecule has 6 nitrogen and oxygen atoms in total. The molecule has 2 amide bonds. The van der Waals surface area contributed by atoms with E-state index in [0.717, 1.165) is 0 Å². The normalized spacial score (nSPS) is 11.2. The van der Waals surface area contributed by atoms with Gasteiger partial charge in [0.1, 0.15) is 0 Å². The Morgan fingerprint density at radius 3 is 2.35 bits per heavy atom. The van der Waals surface area contributed by atoms with Gasteiger partial charge in [-0.2, -0.15) is 0 Å². The molecule has 0 aliphatic heterocycles. The summed E-state index contributed by atoms with van der Waals surface area (Å²) >= 11 is 0. The predicted molar refractivity (Wildman–Crippen MR) is 75.8 cm³/mol. The Bertz CT molecular complexity index is 454. The van der Waals surface area contributed by atoms with Crippen LogP contribution in [0.3, 0.4) is 0 Å². The van der Waals surface area contributed by atoms with Crippen molar-refractivity contribution in [3.05, 3.63) is 35.9 Å². The summed E-state index contributed by atoms with van der Waals surface area (Å²) in [7, 11) is 1.72. The zero-order valence-electron chi connectivity index (χ0n) is 12.0. The van der Waals surface area contributed by atoms with Crippen molar-refractivity contribution in [3.63, 3.8) is 0 Å². The molecule has 0 aliphatic carbocycles. The first kappa shape index (κ1) is 16.1. The summed E-state index contributed by atoms with van der Waals surface area (Å²) in [4.78, 5) is 25.0. The minimum absolute atomic E-state index is 0.0824. The van der Waals surface area contributed by atoms with Crippen LogP contribution in [0.1, 0.15) is 24.2 Å². The molecule has 1 rings (SSSR count). The summed E-state index contributed by atoms with van der Waals surface area (Å²) in [5.41, 5.74) is 4.27. The third-order valence-corrected chi connectivity index (χ3v) is 2.42. The summed E-state index contributed by atoms with van der Waals surface area (Å²) in [5.74, 6) is -0.717. The van der Waals surface area contributed by atoms with Crippen molar-refractivity contribution in [3.8, 4) is 0 Å². The Morgan fingerprint density at radius 1 is 1.20 bits per heavy atom. The van der Waals surface area contributed by atoms with Gasteiger partial charge in [-0.15, -0.1) is 0 Å². The minimum Gasteiger partial charge on any atom is -0.389 e. The van der Waals surface area contributed by atoms with E-state index in [4.69, 9.17) is 0 Å². The first-order valence-electron chi connectivity index (χ1n) is 6.33. The third kappa shape index (κ3) is 6.31. The maximum Gasteiger partial charge on any atom is 0.269 e. The zero-order chi connectivity index (χ0) is 15.2. The monoisotopic (exact) mass is 279 g/mol. The number of carbonyl (C=O) groups excluding carboxylic acids is 2. The number of likely N-dealkylation sites (N-methyl/N-ethyl adjacent to an activating group) is 1. The van der Waals surface area contributed by atoms with Gasteiger partial charge >= 0.3 is 0 Å². The number of hydrazine groups is 1. The van der Waals surface area contributed by atoms with Gasteiger partial charge in [0.05, 0.1) is 12.1 Å². The van der Waals surface area contributed by atoms with Crippen LogP contribution in [0.5, 0.6) is 0 Å². The average molecular weight is 279 g/mol. The van der Waals surface area contributed by atoms with Crippen molar-refractivity contribution in [2.75, 3.05) is 20.1 Å². The molecule has 1 aromatic carbocycles. The highest BCUT2D eigenvalue weighted by Gasteiger charge is 2.17. The Balaban J connectivity index is 2.35. The van der Waals surface area contributed by atoms with Crippen LogP contribution in [-0.4, -0.2) is 47.6 Å². The van der Waals surface area contributed by atoms with Gasteiger partial charge in [-0.05, 0) is 33.0 Å². The average Bonchev–Trinajstić information content (AvgIpc) is 2.34. The van der Waals surface area contributed by atoms with E-state index in [0.29, 0.717) is 12.1 Å². The number of benzene rings is 1. The highest BCUT2D eigenvalue weighted by Crippen LogP contribution is 2.02. The van der Waals surface area contributed by atoms with Crippen LogP contribution < -0.4 is 10.9 Å². The first-order valence-corrected chi connectivity index (χ1v) is 6.33. The van der Waals surface area contributed by atoms with Gasteiger partial charge in [0.2, 0.25) is 0 Å². The number of nitrogens with zero attached hydrogens (tertiary/aromatic N) is 1. The molecule has 0 aromatic heterocycles. The number of aliphatic hydroxyl groups is 1. The number of amides is 2. The van der Waals surface area contributed by atoms with Crippen LogP contribution in [0.15, 0.2) is 30.3 Å². The van der Waals surface area contributed by atoms with Crippen LogP contribution in [0.25, 0.3) is 0 Å². The maximum atomic E-state index is 11.7. The lowest BCUT2D eigenvalue weighted by atomic mass is 10.1. The van der Waals surface area contributed by atoms with Crippen LogP contribution >= 0.6 is 0 Å². The van der Waals surface area contributed by atoms with Gasteiger partial charge in [0.25, 0.3) is 11.8 Å². The molecule has 0 spiro atoms. The van der Waals surface area contributed by atoms with Crippen LogP contribution in [0.4, 0.5) is 0 Å². The van der Waals surface area contributed by atoms with E-state index in [1.807, 2.05) is 0 Å². The predicted octanol–water partition coefficient (Wildman–Crippen LogP) is 0.150. The lowest BCUT2D eigenvalue weighted by Crippen LogP contribution is -2.47. The van der Waals surface area contributed by atoms with E-state index in [-0.39, 0.29) is 18.4 Å². The Hall–Kier alpha value is -1.92. The fourth-order valence-corrected chi connectivity index (χ4v) is 1.79. The molecular weight excluding hydrogens is 258 g/mol. The fourth-order valence-electron chi connectivity index (χ4n) is 1.79. The van der Waals surface area contributed by atoms with E-state index in [2.05, 4.69) is 10.9 Å². The van der Waals surface area contributed by atoms with Gasteiger partial charge < -0.3 is 5.11 Å². The summed E-state index contributed by atoms with van der Waals surface area (Å²) in [6.45, 7) is 3.77. The third-order valence-electron chi connectivity index (χ3n) is 2.42. The van der Waals surface area contributed by atoms with Crippen molar-refractivity contribution in [1.29, 1.82) is 0 Å². The van der Waals surface area contributed by atoms with E-state index in [9.17, 15) is 14.7 Å². The molecule has 6 heteroatoms. The zero-order valence-corrected chi connectivity index (χ0v) is 12.0. The lowest BCUT2D eigenvalue weighted by Gasteiger charge is -2.24. The second kappa shape index (κ2) is 7.02. The molecule has 0 heterocycles. The van der Waals surface area contributed by atoms with Crippen molar-refractivity contribution < 1.29 is 14.7 Å². The lowest BCUT2D eigenvalue weighted by molar-refractivity contribution is -0.123. The molecule has 0 bridgehead atoms. The SMILES string of the molecule is CN(CC(=O)NNC(=O)c1ccccc1)CC(C)(C)O. The topological polar surface area (TPSA) is 81.7 Å². The van der Waals surface area contributed by atoms with E-state index in [1.54, 1.807) is 56.1 Å². The smallest absolute Gasteiger partial charge is 0.269 e. The number of hydrogen-bond acceptors (Lipinski definition) is 4. The van der Waals surface area contributed by atoms with Crippen molar-refractivity contribution in [1.82, 2.24) is 15.8 Å². The molecule has 0 aliphatic rings. The van der Waals surface area contributed by atoms with Crippen LogP contribution in [0, 0.1) is 0 Å². The Morgan fingerprint density at radius 2 is 1.80 bits per heavy atom. The number of rotatable bonds is 5. The van der Waals surface area contributed by atoms with Crippen LogP contribution in [0.2, 0.25) is 0 Å². The molecule has 0 atom stereocenters. The first-order chi connectivity index (χ1) is 9.28. The molecule has 20 heavy (non-hydrogen) atoms. The van der Waals surface area contributed by atoms with E-state index in [1.165, 1.54) is 0 Å². The highest BCUT2D eigenvalue weighted by molar-refractivity contribution is 5.95. The summed E-state index contributed by atoms with van der Waals surface area (Å²) in [6.07, 6.45) is 0.